The average molecular weight is 297 g/mol. The third kappa shape index (κ3) is 5.50. The Bertz CT molecular complexity index is 390. The van der Waals surface area contributed by atoms with Crippen molar-refractivity contribution in [2.45, 2.75) is 19.5 Å². The number of carbonyl (C=O) groups is 1. The zero-order chi connectivity index (χ0) is 12.1. The van der Waals surface area contributed by atoms with E-state index in [0.29, 0.717) is 12.4 Å². The zero-order valence-electron chi connectivity index (χ0n) is 9.92. The minimum absolute atomic E-state index is 0. The fourth-order valence-corrected chi connectivity index (χ4v) is 1.19. The van der Waals surface area contributed by atoms with Gasteiger partial charge in [-0.15, -0.1) is 24.8 Å². The predicted octanol–water partition coefficient (Wildman–Crippen LogP) is -0.248. The number of aliphatic hydroxyl groups is 1. The van der Waals surface area contributed by atoms with Gasteiger partial charge in [-0.05, 0) is 18.6 Å². The van der Waals surface area contributed by atoms with E-state index in [4.69, 9.17) is 16.6 Å². The number of carbonyl (C=O) groups excluding carboxylic acids is 1. The van der Waals surface area contributed by atoms with Crippen molar-refractivity contribution in [2.24, 2.45) is 5.73 Å². The Kier molecular flexibility index (Phi) is 9.56. The highest BCUT2D eigenvalue weighted by Crippen LogP contribution is 2.07. The number of nitrogens with two attached hydrogens (primary N) is 2. The van der Waals surface area contributed by atoms with Gasteiger partial charge in [0.1, 0.15) is 11.9 Å². The fourth-order valence-electron chi connectivity index (χ4n) is 1.19. The summed E-state index contributed by atoms with van der Waals surface area (Å²) >= 11 is 0. The van der Waals surface area contributed by atoms with E-state index in [1.54, 1.807) is 12.1 Å². The van der Waals surface area contributed by atoms with Crippen molar-refractivity contribution in [1.29, 1.82) is 0 Å². The van der Waals surface area contributed by atoms with Gasteiger partial charge in [-0.1, -0.05) is 6.07 Å². The summed E-state index contributed by atoms with van der Waals surface area (Å²) in [6.45, 7) is 1.76. The molecule has 0 aliphatic heterocycles. The first-order chi connectivity index (χ1) is 7.54. The van der Waals surface area contributed by atoms with Crippen LogP contribution in [-0.4, -0.2) is 28.6 Å². The molecule has 1 heterocycles. The van der Waals surface area contributed by atoms with E-state index in [1.165, 1.54) is 0 Å². The highest BCUT2D eigenvalue weighted by molar-refractivity contribution is 5.85. The van der Waals surface area contributed by atoms with Crippen molar-refractivity contribution < 1.29 is 9.90 Å². The molecule has 104 valence electrons. The van der Waals surface area contributed by atoms with Crippen LogP contribution in [0, 0.1) is 6.92 Å². The molecule has 0 spiro atoms. The SMILES string of the molecule is Cc1nc(N)ccc1CNC(=O)C(N)CO.Cl.Cl. The topological polar surface area (TPSA) is 114 Å². The number of anilines is 1. The molecular weight excluding hydrogens is 279 g/mol. The number of aromatic nitrogens is 1. The molecule has 1 aromatic rings. The van der Waals surface area contributed by atoms with Crippen molar-refractivity contribution in [3.63, 3.8) is 0 Å². The molecule has 6 N–H and O–H groups in total. The second kappa shape index (κ2) is 8.93. The summed E-state index contributed by atoms with van der Waals surface area (Å²) in [7, 11) is 0. The molecule has 0 aromatic carbocycles. The van der Waals surface area contributed by atoms with Gasteiger partial charge in [0.15, 0.2) is 0 Å². The molecule has 6 nitrogen and oxygen atoms in total. The number of amides is 1. The summed E-state index contributed by atoms with van der Waals surface area (Å²) in [5.74, 6) is 0.0540. The first kappa shape index (κ1) is 19.3. The molecular formula is C10H18Cl2N4O2. The van der Waals surface area contributed by atoms with Crippen molar-refractivity contribution >= 4 is 36.5 Å². The lowest BCUT2D eigenvalue weighted by Crippen LogP contribution is -2.42. The maximum atomic E-state index is 11.3. The molecule has 0 bridgehead atoms. The molecule has 0 saturated heterocycles. The number of aryl methyl sites for hydroxylation is 1. The number of nitrogens with one attached hydrogen (secondary N) is 1. The number of nitrogen functional groups attached to an aromatic ring is 1. The summed E-state index contributed by atoms with van der Waals surface area (Å²) in [4.78, 5) is 15.3. The van der Waals surface area contributed by atoms with Gasteiger partial charge in [0.25, 0.3) is 0 Å². The second-order valence-corrected chi connectivity index (χ2v) is 3.49. The molecule has 0 aliphatic rings. The Morgan fingerprint density at radius 3 is 2.61 bits per heavy atom. The van der Waals surface area contributed by atoms with Gasteiger partial charge < -0.3 is 21.9 Å². The molecule has 1 atom stereocenters. The first-order valence-corrected chi connectivity index (χ1v) is 4.90. The highest BCUT2D eigenvalue weighted by atomic mass is 35.5. The van der Waals surface area contributed by atoms with E-state index < -0.39 is 11.9 Å². The maximum Gasteiger partial charge on any atom is 0.239 e. The van der Waals surface area contributed by atoms with Crippen LogP contribution in [0.3, 0.4) is 0 Å². The minimum atomic E-state index is -0.887. The Morgan fingerprint density at radius 2 is 2.11 bits per heavy atom. The van der Waals surface area contributed by atoms with Crippen LogP contribution in [0.15, 0.2) is 12.1 Å². The lowest BCUT2D eigenvalue weighted by molar-refractivity contribution is -0.123. The maximum absolute atomic E-state index is 11.3. The number of halogens is 2. The van der Waals surface area contributed by atoms with Crippen LogP contribution in [0.4, 0.5) is 5.82 Å². The summed E-state index contributed by atoms with van der Waals surface area (Å²) in [5.41, 5.74) is 12.5. The number of hydrogen-bond acceptors (Lipinski definition) is 5. The molecule has 1 unspecified atom stereocenters. The van der Waals surface area contributed by atoms with Crippen molar-refractivity contribution in [3.05, 3.63) is 23.4 Å². The number of pyridine rings is 1. The lowest BCUT2D eigenvalue weighted by Gasteiger charge is -2.10. The molecule has 0 radical (unpaired) electrons. The van der Waals surface area contributed by atoms with Crippen LogP contribution in [0.1, 0.15) is 11.3 Å². The van der Waals surface area contributed by atoms with Gasteiger partial charge >= 0.3 is 0 Å². The van der Waals surface area contributed by atoms with Crippen LogP contribution in [-0.2, 0) is 11.3 Å². The first-order valence-electron chi connectivity index (χ1n) is 4.90. The van der Waals surface area contributed by atoms with E-state index in [2.05, 4.69) is 10.3 Å². The molecule has 1 aromatic heterocycles. The fraction of sp³-hybridized carbons (Fsp3) is 0.400. The van der Waals surface area contributed by atoms with Gasteiger partial charge in [-0.25, -0.2) is 4.98 Å². The van der Waals surface area contributed by atoms with Gasteiger partial charge in [0.05, 0.1) is 6.61 Å². The van der Waals surface area contributed by atoms with E-state index >= 15 is 0 Å². The standard InChI is InChI=1S/C10H16N4O2.2ClH/c1-6-7(2-3-9(12)14-6)4-13-10(16)8(11)5-15;;/h2-3,8,15H,4-5,11H2,1H3,(H2,12,14)(H,13,16);2*1H. The molecule has 1 rings (SSSR count). The number of nitrogens with zero attached hydrogens (tertiary/aromatic N) is 1. The molecule has 8 heteroatoms. The van der Waals surface area contributed by atoms with Gasteiger partial charge in [0, 0.05) is 12.2 Å². The van der Waals surface area contributed by atoms with Crippen molar-refractivity contribution in [2.75, 3.05) is 12.3 Å². The van der Waals surface area contributed by atoms with Crippen molar-refractivity contribution in [3.8, 4) is 0 Å². The Labute approximate surface area is 118 Å². The summed E-state index contributed by atoms with van der Waals surface area (Å²) in [6.07, 6.45) is 0. The molecule has 0 fully saturated rings. The lowest BCUT2D eigenvalue weighted by atomic mass is 10.2. The third-order valence-electron chi connectivity index (χ3n) is 2.20. The van der Waals surface area contributed by atoms with E-state index in [1.807, 2.05) is 6.92 Å². The quantitative estimate of drug-likeness (QED) is 0.612. The Balaban J connectivity index is 0. The highest BCUT2D eigenvalue weighted by Gasteiger charge is 2.11. The Morgan fingerprint density at radius 1 is 1.50 bits per heavy atom. The monoisotopic (exact) mass is 296 g/mol. The smallest absolute Gasteiger partial charge is 0.239 e. The summed E-state index contributed by atoms with van der Waals surface area (Å²) in [5, 5.41) is 11.3. The average Bonchev–Trinajstić information content (AvgIpc) is 2.26. The molecule has 0 aliphatic carbocycles. The second-order valence-electron chi connectivity index (χ2n) is 3.49. The number of hydrogen-bond donors (Lipinski definition) is 4. The van der Waals surface area contributed by atoms with Crippen LogP contribution in [0.25, 0.3) is 0 Å². The molecule has 18 heavy (non-hydrogen) atoms. The minimum Gasteiger partial charge on any atom is -0.394 e. The number of aliphatic hydroxyl groups excluding tert-OH is 1. The van der Waals surface area contributed by atoms with Crippen LogP contribution >= 0.6 is 24.8 Å². The normalized spacial score (nSPS) is 10.8. The largest absolute Gasteiger partial charge is 0.394 e. The van der Waals surface area contributed by atoms with Crippen LogP contribution in [0.5, 0.6) is 0 Å². The van der Waals surface area contributed by atoms with Gasteiger partial charge in [-0.2, -0.15) is 0 Å². The van der Waals surface area contributed by atoms with Crippen LogP contribution < -0.4 is 16.8 Å². The third-order valence-corrected chi connectivity index (χ3v) is 2.20. The van der Waals surface area contributed by atoms with Gasteiger partial charge in [0.2, 0.25) is 5.91 Å². The van der Waals surface area contributed by atoms with Gasteiger partial charge in [-0.3, -0.25) is 4.79 Å². The van der Waals surface area contributed by atoms with Crippen LogP contribution in [0.2, 0.25) is 0 Å². The van der Waals surface area contributed by atoms with Crippen molar-refractivity contribution in [1.82, 2.24) is 10.3 Å². The predicted molar refractivity (Wildman–Crippen MR) is 74.8 cm³/mol. The molecule has 1 amide bonds. The van der Waals surface area contributed by atoms with E-state index in [9.17, 15) is 4.79 Å². The molecule has 0 saturated carbocycles. The zero-order valence-corrected chi connectivity index (χ0v) is 11.6. The summed E-state index contributed by atoms with van der Waals surface area (Å²) < 4.78 is 0. The van der Waals surface area contributed by atoms with E-state index in [0.717, 1.165) is 11.3 Å². The Hall–Kier alpha value is -1.08. The number of rotatable bonds is 4. The van der Waals surface area contributed by atoms with E-state index in [-0.39, 0.29) is 31.4 Å². The summed E-state index contributed by atoms with van der Waals surface area (Å²) in [6, 6.07) is 2.57.